The number of ether oxygens (including phenoxy) is 1. The first kappa shape index (κ1) is 21.5. The second-order valence-electron chi connectivity index (χ2n) is 8.05. The molecule has 0 saturated carbocycles. The van der Waals surface area contributed by atoms with E-state index in [0.717, 1.165) is 27.9 Å². The van der Waals surface area contributed by atoms with E-state index in [1.807, 2.05) is 48.5 Å². The van der Waals surface area contributed by atoms with Gasteiger partial charge in [0, 0.05) is 62.1 Å². The largest absolute Gasteiger partial charge is 0.439 e. The first-order chi connectivity index (χ1) is 15.9. The van der Waals surface area contributed by atoms with Crippen LogP contribution < -0.4 is 4.74 Å². The van der Waals surface area contributed by atoms with E-state index in [1.165, 1.54) is 10.6 Å². The monoisotopic (exact) mass is 464 g/mol. The van der Waals surface area contributed by atoms with E-state index in [-0.39, 0.29) is 0 Å². The Hall–Kier alpha value is -3.34. The van der Waals surface area contributed by atoms with Crippen molar-refractivity contribution in [3.63, 3.8) is 0 Å². The van der Waals surface area contributed by atoms with Crippen molar-refractivity contribution in [1.29, 1.82) is 0 Å². The van der Waals surface area contributed by atoms with Crippen LogP contribution in [0, 0.1) is 0 Å². The molecular weight excluding hydrogens is 440 g/mol. The van der Waals surface area contributed by atoms with Gasteiger partial charge in [0.1, 0.15) is 5.75 Å². The molecule has 1 aliphatic rings. The van der Waals surface area contributed by atoms with Gasteiger partial charge in [0.25, 0.3) is 0 Å². The average molecular weight is 465 g/mol. The van der Waals surface area contributed by atoms with Crippen LogP contribution in [0.3, 0.4) is 0 Å². The van der Waals surface area contributed by atoms with E-state index < -0.39 is 10.0 Å². The Bertz CT molecular complexity index is 1350. The molecule has 0 amide bonds. The molecule has 1 aromatic carbocycles. The van der Waals surface area contributed by atoms with E-state index in [2.05, 4.69) is 20.1 Å². The van der Waals surface area contributed by atoms with Crippen molar-refractivity contribution in [3.05, 3.63) is 66.6 Å². The molecule has 9 nitrogen and oxygen atoms in total. The fourth-order valence-corrected chi connectivity index (χ4v) is 4.71. The van der Waals surface area contributed by atoms with Crippen molar-refractivity contribution in [2.75, 3.05) is 32.4 Å². The third kappa shape index (κ3) is 5.03. The molecule has 5 rings (SSSR count). The Morgan fingerprint density at radius 2 is 1.88 bits per heavy atom. The van der Waals surface area contributed by atoms with Crippen LogP contribution in [0.5, 0.6) is 11.6 Å². The van der Waals surface area contributed by atoms with Crippen LogP contribution in [0.2, 0.25) is 0 Å². The molecule has 33 heavy (non-hydrogen) atoms. The smallest absolute Gasteiger partial charge is 0.219 e. The SMILES string of the molecule is CS(=O)(=O)N1CCN(Cc2ccc3cc(Oc4ccc(-c5ccn[nH]5)cn4)ccc3n2)CC1. The van der Waals surface area contributed by atoms with Gasteiger partial charge in [-0.05, 0) is 36.4 Å². The summed E-state index contributed by atoms with van der Waals surface area (Å²) in [4.78, 5) is 11.4. The third-order valence-corrected chi connectivity index (χ3v) is 6.98. The Balaban J connectivity index is 1.24. The van der Waals surface area contributed by atoms with E-state index in [4.69, 9.17) is 9.72 Å². The van der Waals surface area contributed by atoms with Crippen molar-refractivity contribution in [1.82, 2.24) is 29.4 Å². The van der Waals surface area contributed by atoms with Crippen molar-refractivity contribution in [3.8, 4) is 22.9 Å². The average Bonchev–Trinajstić information content (AvgIpc) is 3.34. The van der Waals surface area contributed by atoms with Crippen LogP contribution in [-0.2, 0) is 16.6 Å². The summed E-state index contributed by atoms with van der Waals surface area (Å²) in [6.07, 6.45) is 4.71. The molecule has 1 saturated heterocycles. The summed E-state index contributed by atoms with van der Waals surface area (Å²) >= 11 is 0. The maximum Gasteiger partial charge on any atom is 0.219 e. The quantitative estimate of drug-likeness (QED) is 0.468. The van der Waals surface area contributed by atoms with Crippen molar-refractivity contribution >= 4 is 20.9 Å². The highest BCUT2D eigenvalue weighted by atomic mass is 32.2. The van der Waals surface area contributed by atoms with Crippen LogP contribution in [0.4, 0.5) is 0 Å². The number of pyridine rings is 2. The number of fused-ring (bicyclic) bond motifs is 1. The van der Waals surface area contributed by atoms with Gasteiger partial charge in [-0.3, -0.25) is 15.0 Å². The Kier molecular flexibility index (Phi) is 5.79. The highest BCUT2D eigenvalue weighted by Gasteiger charge is 2.23. The fraction of sp³-hybridized carbons (Fsp3) is 0.261. The molecule has 0 spiro atoms. The van der Waals surface area contributed by atoms with Crippen LogP contribution in [0.15, 0.2) is 60.9 Å². The minimum absolute atomic E-state index is 0.510. The van der Waals surface area contributed by atoms with Crippen LogP contribution in [0.1, 0.15) is 5.69 Å². The highest BCUT2D eigenvalue weighted by Crippen LogP contribution is 2.26. The minimum Gasteiger partial charge on any atom is -0.439 e. The molecule has 0 atom stereocenters. The molecule has 0 bridgehead atoms. The molecule has 0 radical (unpaired) electrons. The van der Waals surface area contributed by atoms with Gasteiger partial charge in [-0.15, -0.1) is 0 Å². The molecule has 4 aromatic rings. The number of aromatic amines is 1. The van der Waals surface area contributed by atoms with E-state index in [1.54, 1.807) is 12.4 Å². The summed E-state index contributed by atoms with van der Waals surface area (Å²) in [6, 6.07) is 15.5. The number of nitrogens with zero attached hydrogens (tertiary/aromatic N) is 5. The van der Waals surface area contributed by atoms with Gasteiger partial charge in [-0.2, -0.15) is 9.40 Å². The van der Waals surface area contributed by atoms with Gasteiger partial charge in [-0.1, -0.05) is 6.07 Å². The van der Waals surface area contributed by atoms with Crippen molar-refractivity contribution in [2.45, 2.75) is 6.54 Å². The lowest BCUT2D eigenvalue weighted by atomic mass is 10.2. The Morgan fingerprint density at radius 1 is 1.03 bits per heavy atom. The summed E-state index contributed by atoms with van der Waals surface area (Å²) in [7, 11) is -3.12. The lowest BCUT2D eigenvalue weighted by Crippen LogP contribution is -2.47. The first-order valence-corrected chi connectivity index (χ1v) is 12.5. The van der Waals surface area contributed by atoms with Crippen molar-refractivity contribution in [2.24, 2.45) is 0 Å². The molecule has 1 fully saturated rings. The summed E-state index contributed by atoms with van der Waals surface area (Å²) in [6.45, 7) is 3.13. The molecule has 4 heterocycles. The zero-order valence-electron chi connectivity index (χ0n) is 18.2. The number of piperazine rings is 1. The minimum atomic E-state index is -3.12. The number of benzene rings is 1. The number of H-pyrrole nitrogens is 1. The number of aromatic nitrogens is 4. The second kappa shape index (κ2) is 8.89. The molecule has 0 aliphatic carbocycles. The van der Waals surface area contributed by atoms with Crippen LogP contribution in [0.25, 0.3) is 22.2 Å². The van der Waals surface area contributed by atoms with Gasteiger partial charge < -0.3 is 4.74 Å². The molecule has 3 aromatic heterocycles. The molecular formula is C23H24N6O3S. The zero-order valence-corrected chi connectivity index (χ0v) is 19.0. The van der Waals surface area contributed by atoms with Gasteiger partial charge in [0.15, 0.2) is 0 Å². The lowest BCUT2D eigenvalue weighted by Gasteiger charge is -2.32. The van der Waals surface area contributed by atoms with E-state index in [0.29, 0.717) is 44.4 Å². The third-order valence-electron chi connectivity index (χ3n) is 5.67. The number of rotatable bonds is 6. The standard InChI is InChI=1S/C23H24N6O3S/c1-33(30,31)29-12-10-28(11-13-29)16-19-4-2-17-14-20(5-6-21(17)26-19)32-23-7-3-18(15-24-23)22-8-9-25-27-22/h2-9,14-15H,10-13,16H2,1H3,(H,25,27). The molecule has 1 N–H and O–H groups in total. The van der Waals surface area contributed by atoms with Gasteiger partial charge in [0.2, 0.25) is 15.9 Å². The summed E-state index contributed by atoms with van der Waals surface area (Å²) in [5, 5.41) is 7.84. The van der Waals surface area contributed by atoms with E-state index in [9.17, 15) is 8.42 Å². The van der Waals surface area contributed by atoms with Gasteiger partial charge >= 0.3 is 0 Å². The maximum absolute atomic E-state index is 11.7. The number of hydrogen-bond acceptors (Lipinski definition) is 7. The molecule has 0 unspecified atom stereocenters. The number of nitrogens with one attached hydrogen (secondary N) is 1. The highest BCUT2D eigenvalue weighted by molar-refractivity contribution is 7.88. The number of hydrogen-bond donors (Lipinski definition) is 1. The normalized spacial score (nSPS) is 15.7. The van der Waals surface area contributed by atoms with Crippen molar-refractivity contribution < 1.29 is 13.2 Å². The summed E-state index contributed by atoms with van der Waals surface area (Å²) < 4.78 is 30.8. The first-order valence-electron chi connectivity index (χ1n) is 10.6. The Labute approximate surface area is 192 Å². The molecule has 170 valence electrons. The lowest BCUT2D eigenvalue weighted by molar-refractivity contribution is 0.180. The topological polar surface area (TPSA) is 104 Å². The molecule has 10 heteroatoms. The second-order valence-corrected chi connectivity index (χ2v) is 10.0. The van der Waals surface area contributed by atoms with E-state index >= 15 is 0 Å². The van der Waals surface area contributed by atoms with Gasteiger partial charge in [-0.25, -0.2) is 13.4 Å². The van der Waals surface area contributed by atoms with Crippen LogP contribution >= 0.6 is 0 Å². The fourth-order valence-electron chi connectivity index (χ4n) is 3.88. The zero-order chi connectivity index (χ0) is 22.8. The van der Waals surface area contributed by atoms with Gasteiger partial charge in [0.05, 0.1) is 23.2 Å². The predicted molar refractivity (Wildman–Crippen MR) is 125 cm³/mol. The summed E-state index contributed by atoms with van der Waals surface area (Å²) in [5.41, 5.74) is 3.68. The Morgan fingerprint density at radius 3 is 2.58 bits per heavy atom. The summed E-state index contributed by atoms with van der Waals surface area (Å²) in [5.74, 6) is 1.20. The molecule has 1 aliphatic heterocycles. The number of sulfonamides is 1. The predicted octanol–water partition coefficient (Wildman–Crippen LogP) is 2.89. The maximum atomic E-state index is 11.7. The van der Waals surface area contributed by atoms with Crippen LogP contribution in [-0.4, -0.2) is 70.2 Å².